The minimum atomic E-state index is 0.178. The van der Waals surface area contributed by atoms with E-state index in [2.05, 4.69) is 60.0 Å². The molecule has 0 saturated carbocycles. The summed E-state index contributed by atoms with van der Waals surface area (Å²) in [5, 5.41) is 2.16. The fourth-order valence-corrected chi connectivity index (χ4v) is 3.57. The Morgan fingerprint density at radius 2 is 2.17 bits per heavy atom. The second-order valence-electron chi connectivity index (χ2n) is 5.68. The maximum absolute atomic E-state index is 5.86. The maximum atomic E-state index is 5.86. The molecule has 18 heavy (non-hydrogen) atoms. The molecule has 0 aliphatic rings. The van der Waals surface area contributed by atoms with Crippen molar-refractivity contribution in [1.82, 2.24) is 4.90 Å². The van der Waals surface area contributed by atoms with Crippen molar-refractivity contribution in [3.05, 3.63) is 20.8 Å². The summed E-state index contributed by atoms with van der Waals surface area (Å²) < 4.78 is 1.18. The zero-order valence-corrected chi connectivity index (χ0v) is 14.3. The second kappa shape index (κ2) is 7.04. The smallest absolute Gasteiger partial charge is 0.0413 e. The van der Waals surface area contributed by atoms with Gasteiger partial charge in [-0.05, 0) is 53.8 Å². The molecule has 1 heterocycles. The first-order chi connectivity index (χ1) is 8.39. The summed E-state index contributed by atoms with van der Waals surface area (Å²) in [4.78, 5) is 3.97. The summed E-state index contributed by atoms with van der Waals surface area (Å²) in [7, 11) is 0. The normalized spacial score (nSPS) is 14.2. The van der Waals surface area contributed by atoms with Crippen LogP contribution in [0.5, 0.6) is 0 Å². The lowest BCUT2D eigenvalue weighted by molar-refractivity contribution is 0.142. The Labute approximate surface area is 124 Å². The molecule has 0 aliphatic carbocycles. The Hall–Kier alpha value is 0.1000. The van der Waals surface area contributed by atoms with Crippen LogP contribution in [0.3, 0.4) is 0 Å². The minimum absolute atomic E-state index is 0.178. The van der Waals surface area contributed by atoms with Gasteiger partial charge in [-0.15, -0.1) is 11.3 Å². The van der Waals surface area contributed by atoms with Gasteiger partial charge in [0.1, 0.15) is 0 Å². The summed E-state index contributed by atoms with van der Waals surface area (Å²) in [6.07, 6.45) is 1.18. The molecule has 0 bridgehead atoms. The Kier molecular flexibility index (Phi) is 6.31. The van der Waals surface area contributed by atoms with Crippen molar-refractivity contribution in [2.45, 2.75) is 40.2 Å². The van der Waals surface area contributed by atoms with Gasteiger partial charge in [-0.2, -0.15) is 0 Å². The highest BCUT2D eigenvalue weighted by atomic mass is 79.9. The molecule has 4 heteroatoms. The molecule has 1 atom stereocenters. The van der Waals surface area contributed by atoms with Gasteiger partial charge in [0.2, 0.25) is 0 Å². The van der Waals surface area contributed by atoms with Crippen molar-refractivity contribution in [2.75, 3.05) is 19.6 Å². The van der Waals surface area contributed by atoms with Crippen LogP contribution in [0, 0.1) is 5.41 Å². The van der Waals surface area contributed by atoms with Gasteiger partial charge in [0.05, 0.1) is 0 Å². The molecule has 0 aromatic carbocycles. The van der Waals surface area contributed by atoms with Gasteiger partial charge >= 0.3 is 0 Å². The van der Waals surface area contributed by atoms with Crippen LogP contribution in [0.2, 0.25) is 0 Å². The lowest BCUT2D eigenvalue weighted by Gasteiger charge is -2.35. The van der Waals surface area contributed by atoms with E-state index in [1.54, 1.807) is 0 Å². The Morgan fingerprint density at radius 1 is 1.50 bits per heavy atom. The van der Waals surface area contributed by atoms with E-state index >= 15 is 0 Å². The molecule has 0 fully saturated rings. The van der Waals surface area contributed by atoms with Crippen LogP contribution >= 0.6 is 27.3 Å². The van der Waals surface area contributed by atoms with E-state index in [1.807, 2.05) is 11.3 Å². The zero-order valence-electron chi connectivity index (χ0n) is 11.9. The molecule has 0 radical (unpaired) electrons. The predicted molar refractivity (Wildman–Crippen MR) is 85.1 cm³/mol. The number of nitrogens with two attached hydrogens (primary N) is 1. The molecule has 1 aromatic rings. The number of halogens is 1. The number of nitrogens with zero attached hydrogens (tertiary/aromatic N) is 1. The fraction of sp³-hybridized carbons (Fsp3) is 0.714. The summed E-state index contributed by atoms with van der Waals surface area (Å²) >= 11 is 5.36. The Balaban J connectivity index is 2.78. The summed E-state index contributed by atoms with van der Waals surface area (Å²) in [5.74, 6) is 0. The first kappa shape index (κ1) is 16.2. The third-order valence-corrected chi connectivity index (χ3v) is 5.11. The van der Waals surface area contributed by atoms with Crippen LogP contribution in [0.25, 0.3) is 0 Å². The van der Waals surface area contributed by atoms with Gasteiger partial charge < -0.3 is 5.73 Å². The number of hydrogen-bond acceptors (Lipinski definition) is 3. The van der Waals surface area contributed by atoms with E-state index in [-0.39, 0.29) is 5.41 Å². The van der Waals surface area contributed by atoms with Crippen LogP contribution < -0.4 is 5.73 Å². The van der Waals surface area contributed by atoms with E-state index in [4.69, 9.17) is 5.73 Å². The van der Waals surface area contributed by atoms with Crippen LogP contribution in [-0.2, 0) is 0 Å². The summed E-state index contributed by atoms with van der Waals surface area (Å²) in [6.45, 7) is 11.9. The molecule has 104 valence electrons. The highest BCUT2D eigenvalue weighted by Gasteiger charge is 2.24. The van der Waals surface area contributed by atoms with Crippen LogP contribution in [0.4, 0.5) is 0 Å². The van der Waals surface area contributed by atoms with E-state index < -0.39 is 0 Å². The lowest BCUT2D eigenvalue weighted by atomic mass is 9.92. The largest absolute Gasteiger partial charge is 0.330 e. The Morgan fingerprint density at radius 3 is 2.61 bits per heavy atom. The molecule has 0 amide bonds. The monoisotopic (exact) mass is 332 g/mol. The highest BCUT2D eigenvalue weighted by Crippen LogP contribution is 2.31. The third-order valence-electron chi connectivity index (χ3n) is 3.24. The average Bonchev–Trinajstić information content (AvgIpc) is 2.74. The SMILES string of the molecule is CCCN(CC(C)(C)CN)C(C)c1cc(Br)cs1. The number of thiophene rings is 1. The van der Waals surface area contributed by atoms with Crippen LogP contribution in [-0.4, -0.2) is 24.5 Å². The topological polar surface area (TPSA) is 29.3 Å². The number of rotatable bonds is 7. The van der Waals surface area contributed by atoms with Crippen molar-refractivity contribution < 1.29 is 0 Å². The van der Waals surface area contributed by atoms with E-state index in [1.165, 1.54) is 15.8 Å². The average molecular weight is 333 g/mol. The predicted octanol–water partition coefficient (Wildman–Crippen LogP) is 4.27. The van der Waals surface area contributed by atoms with E-state index in [0.29, 0.717) is 6.04 Å². The van der Waals surface area contributed by atoms with Crippen molar-refractivity contribution in [3.8, 4) is 0 Å². The van der Waals surface area contributed by atoms with Crippen molar-refractivity contribution in [1.29, 1.82) is 0 Å². The number of hydrogen-bond donors (Lipinski definition) is 1. The van der Waals surface area contributed by atoms with Crippen LogP contribution in [0.15, 0.2) is 15.9 Å². The third kappa shape index (κ3) is 4.65. The Bertz CT molecular complexity index is 362. The van der Waals surface area contributed by atoms with E-state index in [0.717, 1.165) is 19.6 Å². The van der Waals surface area contributed by atoms with Gasteiger partial charge in [0, 0.05) is 27.3 Å². The minimum Gasteiger partial charge on any atom is -0.330 e. The van der Waals surface area contributed by atoms with Gasteiger partial charge in [-0.25, -0.2) is 0 Å². The molecule has 1 aromatic heterocycles. The van der Waals surface area contributed by atoms with Crippen molar-refractivity contribution in [2.24, 2.45) is 11.1 Å². The van der Waals surface area contributed by atoms with Crippen LogP contribution in [0.1, 0.15) is 45.0 Å². The molecular weight excluding hydrogens is 308 g/mol. The molecule has 1 unspecified atom stereocenters. The molecule has 1 rings (SSSR count). The van der Waals surface area contributed by atoms with Gasteiger partial charge in [0.15, 0.2) is 0 Å². The quantitative estimate of drug-likeness (QED) is 0.807. The van der Waals surface area contributed by atoms with Crippen molar-refractivity contribution in [3.63, 3.8) is 0 Å². The molecule has 0 aliphatic heterocycles. The zero-order chi connectivity index (χ0) is 13.8. The molecule has 0 spiro atoms. The molecule has 0 saturated heterocycles. The van der Waals surface area contributed by atoms with E-state index in [9.17, 15) is 0 Å². The summed E-state index contributed by atoms with van der Waals surface area (Å²) in [6, 6.07) is 2.69. The molecular formula is C14H25BrN2S. The fourth-order valence-electron chi connectivity index (χ4n) is 2.04. The van der Waals surface area contributed by atoms with Crippen molar-refractivity contribution >= 4 is 27.3 Å². The second-order valence-corrected chi connectivity index (χ2v) is 7.54. The molecule has 2 N–H and O–H groups in total. The summed E-state index contributed by atoms with van der Waals surface area (Å²) in [5.41, 5.74) is 6.04. The standard InChI is InChI=1S/C14H25BrN2S/c1-5-6-17(10-14(3,4)9-16)11(2)13-7-12(15)8-18-13/h7-8,11H,5-6,9-10,16H2,1-4H3. The first-order valence-electron chi connectivity index (χ1n) is 6.57. The van der Waals surface area contributed by atoms with Gasteiger partial charge in [-0.1, -0.05) is 20.8 Å². The molecule has 2 nitrogen and oxygen atoms in total. The lowest BCUT2D eigenvalue weighted by Crippen LogP contribution is -2.40. The highest BCUT2D eigenvalue weighted by molar-refractivity contribution is 9.10. The maximum Gasteiger partial charge on any atom is 0.0413 e. The van der Waals surface area contributed by atoms with Gasteiger partial charge in [0.25, 0.3) is 0 Å². The van der Waals surface area contributed by atoms with Gasteiger partial charge in [-0.3, -0.25) is 4.90 Å². The first-order valence-corrected chi connectivity index (χ1v) is 8.25.